The van der Waals surface area contributed by atoms with Gasteiger partial charge in [0.1, 0.15) is 0 Å². The molecule has 1 N–H and O–H groups in total. The Hall–Kier alpha value is -0.380. The Morgan fingerprint density at radius 1 is 1.00 bits per heavy atom. The highest BCUT2D eigenvalue weighted by molar-refractivity contribution is 4.82. The topological polar surface area (TPSA) is 30.5 Å². The van der Waals surface area contributed by atoms with Gasteiger partial charge in [0, 0.05) is 12.1 Å². The number of hydrogen-bond acceptors (Lipinski definition) is 3. The first kappa shape index (κ1) is 14.0. The first-order valence-corrected chi connectivity index (χ1v) is 7.48. The first-order valence-electron chi connectivity index (χ1n) is 7.48. The van der Waals surface area contributed by atoms with Gasteiger partial charge in [-0.3, -0.25) is 0 Å². The summed E-state index contributed by atoms with van der Waals surface area (Å²) in [4.78, 5) is 0. The monoisotopic (exact) mass is 253 g/mol. The highest BCUT2D eigenvalue weighted by Gasteiger charge is 2.22. The van der Waals surface area contributed by atoms with Crippen molar-refractivity contribution in [3.8, 4) is 0 Å². The summed E-state index contributed by atoms with van der Waals surface area (Å²) in [5.41, 5.74) is 0. The van der Waals surface area contributed by atoms with Crippen molar-refractivity contribution in [3.05, 3.63) is 12.7 Å². The Labute approximate surface area is 111 Å². The van der Waals surface area contributed by atoms with E-state index in [2.05, 4.69) is 11.9 Å². The summed E-state index contributed by atoms with van der Waals surface area (Å²) >= 11 is 0. The zero-order valence-corrected chi connectivity index (χ0v) is 11.4. The maximum Gasteiger partial charge on any atom is 0.157 e. The van der Waals surface area contributed by atoms with Crippen LogP contribution in [0.4, 0.5) is 0 Å². The maximum absolute atomic E-state index is 5.60. The first-order chi connectivity index (χ1) is 8.88. The van der Waals surface area contributed by atoms with E-state index in [4.69, 9.17) is 9.47 Å². The van der Waals surface area contributed by atoms with Crippen molar-refractivity contribution in [1.29, 1.82) is 0 Å². The molecule has 2 fully saturated rings. The standard InChI is InChI=1S/C15H27NO2/c1-2-3-6-13-7-4-8-14(16-13)9-10-15-17-11-5-12-18-15/h2,13-16H,1,3-12H2. The fraction of sp³-hybridized carbons (Fsp3) is 0.867. The molecule has 2 atom stereocenters. The van der Waals surface area contributed by atoms with Gasteiger partial charge in [-0.1, -0.05) is 12.5 Å². The van der Waals surface area contributed by atoms with Crippen LogP contribution in [0, 0.1) is 0 Å². The summed E-state index contributed by atoms with van der Waals surface area (Å²) in [5.74, 6) is 0. The number of nitrogens with one attached hydrogen (secondary N) is 1. The molecular formula is C15H27NO2. The van der Waals surface area contributed by atoms with Crippen LogP contribution in [0.1, 0.15) is 51.4 Å². The van der Waals surface area contributed by atoms with Gasteiger partial charge in [0.25, 0.3) is 0 Å². The van der Waals surface area contributed by atoms with Gasteiger partial charge in [0.05, 0.1) is 13.2 Å². The predicted octanol–water partition coefficient (Wildman–Crippen LogP) is 3.01. The summed E-state index contributed by atoms with van der Waals surface area (Å²) in [6.45, 7) is 5.53. The van der Waals surface area contributed by atoms with Crippen LogP contribution in [-0.2, 0) is 9.47 Å². The Morgan fingerprint density at radius 2 is 1.72 bits per heavy atom. The molecule has 0 bridgehead atoms. The third-order valence-electron chi connectivity index (χ3n) is 3.94. The molecule has 0 saturated carbocycles. The quantitative estimate of drug-likeness (QED) is 0.738. The van der Waals surface area contributed by atoms with Gasteiger partial charge >= 0.3 is 0 Å². The van der Waals surface area contributed by atoms with Gasteiger partial charge in [-0.05, 0) is 44.9 Å². The molecule has 104 valence electrons. The molecule has 2 aliphatic heterocycles. The number of ether oxygens (including phenoxy) is 2. The fourth-order valence-electron chi connectivity index (χ4n) is 2.93. The minimum atomic E-state index is 0.0501. The van der Waals surface area contributed by atoms with Crippen molar-refractivity contribution in [2.24, 2.45) is 0 Å². The van der Waals surface area contributed by atoms with E-state index in [1.54, 1.807) is 0 Å². The van der Waals surface area contributed by atoms with E-state index < -0.39 is 0 Å². The summed E-state index contributed by atoms with van der Waals surface area (Å²) in [6.07, 6.45) is 11.7. The summed E-state index contributed by atoms with van der Waals surface area (Å²) in [6, 6.07) is 1.35. The van der Waals surface area contributed by atoms with E-state index in [9.17, 15) is 0 Å². The number of hydrogen-bond donors (Lipinski definition) is 1. The molecule has 2 rings (SSSR count). The van der Waals surface area contributed by atoms with E-state index in [0.717, 1.165) is 32.5 Å². The van der Waals surface area contributed by atoms with Crippen molar-refractivity contribution >= 4 is 0 Å². The van der Waals surface area contributed by atoms with Crippen LogP contribution in [-0.4, -0.2) is 31.6 Å². The molecule has 0 aliphatic carbocycles. The highest BCUT2D eigenvalue weighted by atomic mass is 16.7. The van der Waals surface area contributed by atoms with E-state index in [0.29, 0.717) is 12.1 Å². The van der Waals surface area contributed by atoms with Crippen LogP contribution in [0.15, 0.2) is 12.7 Å². The SMILES string of the molecule is C=CCCC1CCCC(CCC2OCCCO2)N1. The van der Waals surface area contributed by atoms with Crippen molar-refractivity contribution in [2.75, 3.05) is 13.2 Å². The minimum absolute atomic E-state index is 0.0501. The lowest BCUT2D eigenvalue weighted by Gasteiger charge is -2.32. The van der Waals surface area contributed by atoms with Gasteiger partial charge in [-0.15, -0.1) is 6.58 Å². The molecule has 0 amide bonds. The molecular weight excluding hydrogens is 226 g/mol. The van der Waals surface area contributed by atoms with Gasteiger partial charge in [-0.2, -0.15) is 0 Å². The van der Waals surface area contributed by atoms with Crippen molar-refractivity contribution in [1.82, 2.24) is 5.32 Å². The molecule has 0 aromatic heterocycles. The normalized spacial score (nSPS) is 30.2. The van der Waals surface area contributed by atoms with Crippen LogP contribution < -0.4 is 5.32 Å². The molecule has 0 spiro atoms. The maximum atomic E-state index is 5.60. The number of allylic oxidation sites excluding steroid dienone is 1. The molecule has 2 aliphatic rings. The molecule has 0 radical (unpaired) electrons. The number of rotatable bonds is 6. The van der Waals surface area contributed by atoms with E-state index in [1.807, 2.05) is 6.08 Å². The number of piperidine rings is 1. The van der Waals surface area contributed by atoms with Gasteiger partial charge in [-0.25, -0.2) is 0 Å². The lowest BCUT2D eigenvalue weighted by molar-refractivity contribution is -0.182. The van der Waals surface area contributed by atoms with Crippen LogP contribution in [0.3, 0.4) is 0 Å². The van der Waals surface area contributed by atoms with E-state index in [-0.39, 0.29) is 6.29 Å². The molecule has 2 heterocycles. The summed E-state index contributed by atoms with van der Waals surface area (Å²) < 4.78 is 11.2. The molecule has 18 heavy (non-hydrogen) atoms. The van der Waals surface area contributed by atoms with E-state index >= 15 is 0 Å². The molecule has 0 aromatic rings. The predicted molar refractivity (Wildman–Crippen MR) is 73.5 cm³/mol. The second-order valence-corrected chi connectivity index (χ2v) is 5.46. The molecule has 2 saturated heterocycles. The Kier molecular flexibility index (Phi) is 6.18. The fourth-order valence-corrected chi connectivity index (χ4v) is 2.93. The third-order valence-corrected chi connectivity index (χ3v) is 3.94. The van der Waals surface area contributed by atoms with Crippen LogP contribution >= 0.6 is 0 Å². The smallest absolute Gasteiger partial charge is 0.157 e. The van der Waals surface area contributed by atoms with Gasteiger partial charge < -0.3 is 14.8 Å². The summed E-state index contributed by atoms with van der Waals surface area (Å²) in [5, 5.41) is 3.77. The zero-order chi connectivity index (χ0) is 12.6. The molecule has 3 heteroatoms. The van der Waals surface area contributed by atoms with Crippen molar-refractivity contribution < 1.29 is 9.47 Å². The molecule has 3 nitrogen and oxygen atoms in total. The highest BCUT2D eigenvalue weighted by Crippen LogP contribution is 2.21. The van der Waals surface area contributed by atoms with Gasteiger partial charge in [0.2, 0.25) is 0 Å². The van der Waals surface area contributed by atoms with Crippen molar-refractivity contribution in [3.63, 3.8) is 0 Å². The Balaban J connectivity index is 1.63. The lowest BCUT2D eigenvalue weighted by Crippen LogP contribution is -2.42. The average molecular weight is 253 g/mol. The lowest BCUT2D eigenvalue weighted by atomic mass is 9.93. The molecule has 2 unspecified atom stereocenters. The second-order valence-electron chi connectivity index (χ2n) is 5.46. The molecule has 0 aromatic carbocycles. The van der Waals surface area contributed by atoms with Gasteiger partial charge in [0.15, 0.2) is 6.29 Å². The van der Waals surface area contributed by atoms with Crippen molar-refractivity contribution in [2.45, 2.75) is 69.7 Å². The Bertz CT molecular complexity index is 239. The van der Waals surface area contributed by atoms with Crippen LogP contribution in [0.5, 0.6) is 0 Å². The zero-order valence-electron chi connectivity index (χ0n) is 11.4. The minimum Gasteiger partial charge on any atom is -0.353 e. The van der Waals surface area contributed by atoms with Crippen LogP contribution in [0.25, 0.3) is 0 Å². The average Bonchev–Trinajstić information content (AvgIpc) is 2.44. The third kappa shape index (κ3) is 4.71. The second kappa shape index (κ2) is 7.93. The summed E-state index contributed by atoms with van der Waals surface area (Å²) in [7, 11) is 0. The van der Waals surface area contributed by atoms with E-state index in [1.165, 1.54) is 32.1 Å². The Morgan fingerprint density at radius 3 is 2.44 bits per heavy atom. The van der Waals surface area contributed by atoms with Crippen LogP contribution in [0.2, 0.25) is 0 Å². The largest absolute Gasteiger partial charge is 0.353 e.